The van der Waals surface area contributed by atoms with Crippen molar-refractivity contribution in [1.29, 1.82) is 0 Å². The van der Waals surface area contributed by atoms with Crippen molar-refractivity contribution in [2.45, 2.75) is 6.04 Å². The van der Waals surface area contributed by atoms with E-state index in [0.717, 1.165) is 24.2 Å². The molecule has 3 fully saturated rings. The molecule has 3 aliphatic rings. The zero-order valence-corrected chi connectivity index (χ0v) is 10.9. The number of aromatic nitrogens is 1. The van der Waals surface area contributed by atoms with E-state index < -0.39 is 0 Å². The number of hydrogen-bond donors (Lipinski definition) is 1. The Balaban J connectivity index is 1.44. The van der Waals surface area contributed by atoms with Gasteiger partial charge in [0.05, 0.1) is 0 Å². The monoisotopic (exact) mass is 258 g/mol. The molecule has 1 N–H and O–H groups in total. The molecule has 2 bridgehead atoms. The number of nitrogens with one attached hydrogen (secondary N) is 1. The number of anilines is 1. The molecule has 4 heterocycles. The van der Waals surface area contributed by atoms with Crippen LogP contribution >= 0.6 is 0 Å². The highest BCUT2D eigenvalue weighted by Crippen LogP contribution is 2.20. The quantitative estimate of drug-likeness (QED) is 0.897. The molecular formula is C14H18N4O. The van der Waals surface area contributed by atoms with Crippen LogP contribution in [0.1, 0.15) is 0 Å². The number of rotatable bonds is 3. The number of benzene rings is 1. The SMILES string of the molecule is c1ccc2oc(NCC3CN4CCN3CC4)nc2c1. The maximum Gasteiger partial charge on any atom is 0.295 e. The largest absolute Gasteiger partial charge is 0.424 e. The summed E-state index contributed by atoms with van der Waals surface area (Å²) in [6.07, 6.45) is 0. The molecule has 3 aliphatic heterocycles. The van der Waals surface area contributed by atoms with Crippen LogP contribution in [0, 0.1) is 0 Å². The van der Waals surface area contributed by atoms with Crippen molar-refractivity contribution in [1.82, 2.24) is 14.8 Å². The van der Waals surface area contributed by atoms with Crippen LogP contribution in [0.25, 0.3) is 11.1 Å². The Hall–Kier alpha value is -1.59. The van der Waals surface area contributed by atoms with Gasteiger partial charge in [-0.3, -0.25) is 9.80 Å². The predicted molar refractivity (Wildman–Crippen MR) is 74.3 cm³/mol. The fraction of sp³-hybridized carbons (Fsp3) is 0.500. The number of piperazine rings is 3. The van der Waals surface area contributed by atoms with Crippen LogP contribution in [0.15, 0.2) is 28.7 Å². The van der Waals surface area contributed by atoms with E-state index in [9.17, 15) is 0 Å². The number of para-hydroxylation sites is 2. The number of hydrogen-bond acceptors (Lipinski definition) is 5. The third-order valence-corrected chi connectivity index (χ3v) is 4.18. The summed E-state index contributed by atoms with van der Waals surface area (Å²) in [5, 5.41) is 3.34. The normalized spacial score (nSPS) is 29.8. The number of oxazole rings is 1. The fourth-order valence-electron chi connectivity index (χ4n) is 3.07. The standard InChI is InChI=1S/C14H18N4O/c1-2-4-13-12(3-1)16-14(19-13)15-9-11-10-17-5-7-18(11)8-6-17/h1-4,11H,5-10H2,(H,15,16). The van der Waals surface area contributed by atoms with Gasteiger partial charge in [0, 0.05) is 45.3 Å². The van der Waals surface area contributed by atoms with Crippen molar-refractivity contribution in [3.05, 3.63) is 24.3 Å². The molecule has 0 aliphatic carbocycles. The van der Waals surface area contributed by atoms with Gasteiger partial charge in [-0.25, -0.2) is 0 Å². The first-order chi connectivity index (χ1) is 9.38. The molecule has 5 rings (SSSR count). The molecule has 1 aromatic heterocycles. The molecule has 0 saturated carbocycles. The average molecular weight is 258 g/mol. The van der Waals surface area contributed by atoms with Crippen molar-refractivity contribution in [3.8, 4) is 0 Å². The highest BCUT2D eigenvalue weighted by molar-refractivity contribution is 5.74. The van der Waals surface area contributed by atoms with Gasteiger partial charge in [0.2, 0.25) is 0 Å². The summed E-state index contributed by atoms with van der Waals surface area (Å²) in [5.41, 5.74) is 1.76. The van der Waals surface area contributed by atoms with Gasteiger partial charge in [0.15, 0.2) is 5.58 Å². The van der Waals surface area contributed by atoms with Gasteiger partial charge >= 0.3 is 0 Å². The Bertz CT molecular complexity index is 541. The first-order valence-electron chi connectivity index (χ1n) is 6.94. The van der Waals surface area contributed by atoms with Gasteiger partial charge in [-0.1, -0.05) is 12.1 Å². The maximum absolute atomic E-state index is 5.68. The van der Waals surface area contributed by atoms with Crippen LogP contribution < -0.4 is 5.32 Å². The minimum atomic E-state index is 0.581. The van der Waals surface area contributed by atoms with Crippen molar-refractivity contribution in [2.75, 3.05) is 44.6 Å². The fourth-order valence-corrected chi connectivity index (χ4v) is 3.07. The van der Waals surface area contributed by atoms with Crippen molar-refractivity contribution >= 4 is 17.1 Å². The van der Waals surface area contributed by atoms with Gasteiger partial charge in [0.25, 0.3) is 6.01 Å². The van der Waals surface area contributed by atoms with E-state index in [2.05, 4.69) is 20.1 Å². The Kier molecular flexibility index (Phi) is 2.67. The molecule has 3 saturated heterocycles. The van der Waals surface area contributed by atoms with Crippen molar-refractivity contribution in [2.24, 2.45) is 0 Å². The average Bonchev–Trinajstić information content (AvgIpc) is 2.89. The summed E-state index contributed by atoms with van der Waals surface area (Å²) in [7, 11) is 0. The van der Waals surface area contributed by atoms with Crippen molar-refractivity contribution in [3.63, 3.8) is 0 Å². The van der Waals surface area contributed by atoms with Gasteiger partial charge in [-0.2, -0.15) is 4.98 Å². The summed E-state index contributed by atoms with van der Waals surface area (Å²) in [6.45, 7) is 6.90. The lowest BCUT2D eigenvalue weighted by Crippen LogP contribution is -2.62. The van der Waals surface area contributed by atoms with Crippen LogP contribution in [0.2, 0.25) is 0 Å². The zero-order valence-electron chi connectivity index (χ0n) is 10.9. The van der Waals surface area contributed by atoms with E-state index in [1.807, 2.05) is 24.3 Å². The molecule has 1 aromatic carbocycles. The number of fused-ring (bicyclic) bond motifs is 4. The summed E-state index contributed by atoms with van der Waals surface area (Å²) in [4.78, 5) is 9.55. The Morgan fingerprint density at radius 2 is 2.05 bits per heavy atom. The van der Waals surface area contributed by atoms with Crippen LogP contribution in [0.3, 0.4) is 0 Å². The van der Waals surface area contributed by atoms with E-state index in [-0.39, 0.29) is 0 Å². The molecule has 0 spiro atoms. The predicted octanol–water partition coefficient (Wildman–Crippen LogP) is 1.24. The minimum absolute atomic E-state index is 0.581. The Morgan fingerprint density at radius 3 is 2.79 bits per heavy atom. The first-order valence-corrected chi connectivity index (χ1v) is 6.94. The third kappa shape index (κ3) is 2.09. The molecule has 100 valence electrons. The molecule has 5 nitrogen and oxygen atoms in total. The molecule has 5 heteroatoms. The molecule has 19 heavy (non-hydrogen) atoms. The molecule has 1 unspecified atom stereocenters. The molecule has 2 aromatic rings. The molecular weight excluding hydrogens is 240 g/mol. The molecule has 1 atom stereocenters. The first kappa shape index (κ1) is 11.3. The van der Waals surface area contributed by atoms with E-state index in [0.29, 0.717) is 12.1 Å². The van der Waals surface area contributed by atoms with Crippen LogP contribution in [-0.2, 0) is 0 Å². The second-order valence-corrected chi connectivity index (χ2v) is 5.36. The third-order valence-electron chi connectivity index (χ3n) is 4.18. The number of nitrogens with zero attached hydrogens (tertiary/aromatic N) is 3. The zero-order chi connectivity index (χ0) is 12.7. The lowest BCUT2D eigenvalue weighted by molar-refractivity contribution is 0.0188. The van der Waals surface area contributed by atoms with Crippen molar-refractivity contribution < 1.29 is 4.42 Å². The lowest BCUT2D eigenvalue weighted by Gasteiger charge is -2.47. The second kappa shape index (κ2) is 4.51. The molecule has 0 radical (unpaired) electrons. The van der Waals surface area contributed by atoms with Gasteiger partial charge in [0.1, 0.15) is 5.52 Å². The maximum atomic E-state index is 5.68. The Morgan fingerprint density at radius 1 is 1.21 bits per heavy atom. The summed E-state index contributed by atoms with van der Waals surface area (Å²) >= 11 is 0. The smallest absolute Gasteiger partial charge is 0.295 e. The lowest BCUT2D eigenvalue weighted by atomic mass is 10.1. The Labute approximate surface area is 112 Å². The van der Waals surface area contributed by atoms with Gasteiger partial charge in [-0.15, -0.1) is 0 Å². The summed E-state index contributed by atoms with van der Waals surface area (Å²) in [5.74, 6) is 0. The van der Waals surface area contributed by atoms with Crippen LogP contribution in [0.5, 0.6) is 0 Å². The highest BCUT2D eigenvalue weighted by atomic mass is 16.4. The summed E-state index contributed by atoms with van der Waals surface area (Å²) < 4.78 is 5.68. The topological polar surface area (TPSA) is 44.5 Å². The van der Waals surface area contributed by atoms with Gasteiger partial charge < -0.3 is 9.73 Å². The van der Waals surface area contributed by atoms with Crippen LogP contribution in [-0.4, -0.2) is 60.1 Å². The van der Waals surface area contributed by atoms with E-state index in [1.165, 1.54) is 26.2 Å². The van der Waals surface area contributed by atoms with Crippen LogP contribution in [0.4, 0.5) is 6.01 Å². The minimum Gasteiger partial charge on any atom is -0.424 e. The van der Waals surface area contributed by atoms with E-state index in [4.69, 9.17) is 4.42 Å². The summed E-state index contributed by atoms with van der Waals surface area (Å²) in [6, 6.07) is 9.09. The highest BCUT2D eigenvalue weighted by Gasteiger charge is 2.31. The molecule has 0 amide bonds. The second-order valence-electron chi connectivity index (χ2n) is 5.36. The van der Waals surface area contributed by atoms with E-state index >= 15 is 0 Å². The van der Waals surface area contributed by atoms with Gasteiger partial charge in [-0.05, 0) is 12.1 Å². The van der Waals surface area contributed by atoms with E-state index in [1.54, 1.807) is 0 Å².